The number of fused-ring (bicyclic) bond motifs is 1. The minimum atomic E-state index is -3.56. The third-order valence-corrected chi connectivity index (χ3v) is 4.97. The van der Waals surface area contributed by atoms with Gasteiger partial charge >= 0.3 is 5.97 Å². The van der Waals surface area contributed by atoms with E-state index in [4.69, 9.17) is 4.74 Å². The van der Waals surface area contributed by atoms with Gasteiger partial charge in [0.05, 0.1) is 11.1 Å². The Bertz CT molecular complexity index is 910. The summed E-state index contributed by atoms with van der Waals surface area (Å²) < 4.78 is 31.7. The summed E-state index contributed by atoms with van der Waals surface area (Å²) in [5.41, 5.74) is -0.0123. The van der Waals surface area contributed by atoms with Crippen LogP contribution in [0, 0.1) is 0 Å². The lowest BCUT2D eigenvalue weighted by atomic mass is 10.2. The summed E-state index contributed by atoms with van der Waals surface area (Å²) >= 11 is 0. The maximum absolute atomic E-state index is 12.2. The van der Waals surface area contributed by atoms with Crippen LogP contribution in [0.5, 0.6) is 0 Å². The van der Waals surface area contributed by atoms with Gasteiger partial charge in [0, 0.05) is 0 Å². The van der Waals surface area contributed by atoms with E-state index < -0.39 is 34.3 Å². The van der Waals surface area contributed by atoms with Crippen LogP contribution in [-0.4, -0.2) is 41.2 Å². The highest BCUT2D eigenvalue weighted by Crippen LogP contribution is 2.03. The van der Waals surface area contributed by atoms with Crippen molar-refractivity contribution in [1.29, 1.82) is 0 Å². The van der Waals surface area contributed by atoms with E-state index in [1.165, 1.54) is 6.92 Å². The van der Waals surface area contributed by atoms with Crippen molar-refractivity contribution in [2.75, 3.05) is 5.75 Å². The lowest BCUT2D eigenvalue weighted by Gasteiger charge is -2.13. The predicted octanol–water partition coefficient (Wildman–Crippen LogP) is 0.400. The molecule has 0 unspecified atom stereocenters. The first-order valence-corrected chi connectivity index (χ1v) is 9.48. The Morgan fingerprint density at radius 1 is 1.36 bits per heavy atom. The van der Waals surface area contributed by atoms with Crippen LogP contribution in [0.2, 0.25) is 0 Å². The van der Waals surface area contributed by atoms with Gasteiger partial charge in [-0.05, 0) is 25.5 Å². The fourth-order valence-corrected chi connectivity index (χ4v) is 3.49. The van der Waals surface area contributed by atoms with Crippen molar-refractivity contribution < 1.29 is 17.9 Å². The first-order chi connectivity index (χ1) is 11.8. The van der Waals surface area contributed by atoms with Crippen LogP contribution < -0.4 is 10.3 Å². The zero-order valence-electron chi connectivity index (χ0n) is 14.0. The lowest BCUT2D eigenvalue weighted by molar-refractivity contribution is -0.149. The van der Waals surface area contributed by atoms with Gasteiger partial charge in [0.15, 0.2) is 6.73 Å². The van der Waals surface area contributed by atoms with Gasteiger partial charge in [-0.1, -0.05) is 30.7 Å². The number of hydrogen-bond donors (Lipinski definition) is 1. The van der Waals surface area contributed by atoms with Gasteiger partial charge in [-0.2, -0.15) is 4.68 Å². The van der Waals surface area contributed by atoms with Gasteiger partial charge in [-0.3, -0.25) is 9.59 Å². The average molecular weight is 368 g/mol. The summed E-state index contributed by atoms with van der Waals surface area (Å²) in [6.45, 7) is 2.80. The normalized spacial score (nSPS) is 12.9. The molecule has 0 bridgehead atoms. The summed E-state index contributed by atoms with van der Waals surface area (Å²) in [6, 6.07) is 5.59. The van der Waals surface area contributed by atoms with Gasteiger partial charge in [0.25, 0.3) is 5.56 Å². The SMILES string of the molecule is CCCCS(=O)(=O)N[C@@H](C)C(=O)OCn1nnc2ccccc2c1=O. The number of nitrogens with zero attached hydrogens (tertiary/aromatic N) is 3. The van der Waals surface area contributed by atoms with E-state index in [1.807, 2.05) is 6.92 Å². The maximum Gasteiger partial charge on any atom is 0.325 e. The molecule has 0 amide bonds. The second kappa shape index (κ2) is 8.17. The van der Waals surface area contributed by atoms with E-state index >= 15 is 0 Å². The van der Waals surface area contributed by atoms with Crippen molar-refractivity contribution in [2.45, 2.75) is 39.5 Å². The highest BCUT2D eigenvalue weighted by Gasteiger charge is 2.21. The fourth-order valence-electron chi connectivity index (χ4n) is 2.07. The highest BCUT2D eigenvalue weighted by atomic mass is 32.2. The first-order valence-electron chi connectivity index (χ1n) is 7.83. The number of sulfonamides is 1. The highest BCUT2D eigenvalue weighted by molar-refractivity contribution is 7.89. The van der Waals surface area contributed by atoms with Gasteiger partial charge < -0.3 is 4.74 Å². The zero-order valence-corrected chi connectivity index (χ0v) is 14.8. The first kappa shape index (κ1) is 19.0. The Morgan fingerprint density at radius 2 is 2.08 bits per heavy atom. The van der Waals surface area contributed by atoms with Crippen LogP contribution >= 0.6 is 0 Å². The third kappa shape index (κ3) is 5.07. The van der Waals surface area contributed by atoms with E-state index in [1.54, 1.807) is 24.3 Å². The number of carbonyl (C=O) groups is 1. The monoisotopic (exact) mass is 368 g/mol. The van der Waals surface area contributed by atoms with Crippen molar-refractivity contribution >= 4 is 26.9 Å². The summed E-state index contributed by atoms with van der Waals surface area (Å²) in [5.74, 6) is -0.863. The summed E-state index contributed by atoms with van der Waals surface area (Å²) in [6.07, 6.45) is 1.22. The fraction of sp³-hybridized carbons (Fsp3) is 0.467. The molecule has 10 heteroatoms. The molecule has 1 atom stereocenters. The van der Waals surface area contributed by atoms with Crippen molar-refractivity contribution in [3.8, 4) is 0 Å². The van der Waals surface area contributed by atoms with E-state index in [0.29, 0.717) is 17.3 Å². The Morgan fingerprint density at radius 3 is 2.80 bits per heavy atom. The molecular formula is C15H20N4O5S. The molecule has 0 fully saturated rings. The minimum absolute atomic E-state index is 0.0588. The molecule has 0 aliphatic carbocycles. The third-order valence-electron chi connectivity index (χ3n) is 3.43. The molecule has 1 aromatic heterocycles. The maximum atomic E-state index is 12.2. The molecule has 2 aromatic rings. The zero-order chi connectivity index (χ0) is 18.4. The van der Waals surface area contributed by atoms with Crippen LogP contribution in [0.15, 0.2) is 29.1 Å². The number of ether oxygens (including phenoxy) is 1. The molecule has 0 spiro atoms. The van der Waals surface area contributed by atoms with Crippen LogP contribution in [-0.2, 0) is 26.3 Å². The van der Waals surface area contributed by atoms with E-state index in [-0.39, 0.29) is 5.75 Å². The smallest absolute Gasteiger partial charge is 0.325 e. The Balaban J connectivity index is 2.00. The molecule has 0 radical (unpaired) electrons. The molecular weight excluding hydrogens is 348 g/mol. The number of hydrogen-bond acceptors (Lipinski definition) is 7. The van der Waals surface area contributed by atoms with Crippen LogP contribution in [0.25, 0.3) is 10.9 Å². The van der Waals surface area contributed by atoms with Crippen molar-refractivity contribution in [3.05, 3.63) is 34.6 Å². The molecule has 1 N–H and O–H groups in total. The molecule has 25 heavy (non-hydrogen) atoms. The average Bonchev–Trinajstić information content (AvgIpc) is 2.59. The van der Waals surface area contributed by atoms with Crippen LogP contribution in [0.3, 0.4) is 0 Å². The predicted molar refractivity (Wildman–Crippen MR) is 91.2 cm³/mol. The van der Waals surface area contributed by atoms with Crippen molar-refractivity contribution in [1.82, 2.24) is 19.7 Å². The number of benzene rings is 1. The van der Waals surface area contributed by atoms with E-state index in [2.05, 4.69) is 15.0 Å². The van der Waals surface area contributed by atoms with Crippen molar-refractivity contribution in [3.63, 3.8) is 0 Å². The molecule has 0 aliphatic heterocycles. The van der Waals surface area contributed by atoms with E-state index in [9.17, 15) is 18.0 Å². The lowest BCUT2D eigenvalue weighted by Crippen LogP contribution is -2.41. The second-order valence-electron chi connectivity index (χ2n) is 5.52. The minimum Gasteiger partial charge on any atom is -0.441 e. The van der Waals surface area contributed by atoms with E-state index in [0.717, 1.165) is 11.1 Å². The standard InChI is InChI=1S/C15H20N4O5S/c1-3-4-9-25(22,23)17-11(2)15(21)24-10-19-14(20)12-7-5-6-8-13(12)16-18-19/h5-8,11,17H,3-4,9-10H2,1-2H3/t11-/m0/s1. The Hall–Kier alpha value is -2.33. The number of esters is 1. The van der Waals surface area contributed by atoms with Gasteiger partial charge in [-0.25, -0.2) is 13.1 Å². The molecule has 1 aromatic carbocycles. The number of unbranched alkanes of at least 4 members (excludes halogenated alkanes) is 1. The summed E-state index contributed by atoms with van der Waals surface area (Å²) in [5, 5.41) is 7.91. The van der Waals surface area contributed by atoms with Gasteiger partial charge in [0.2, 0.25) is 10.0 Å². The summed E-state index contributed by atoms with van der Waals surface area (Å²) in [4.78, 5) is 24.1. The van der Waals surface area contributed by atoms with Crippen molar-refractivity contribution in [2.24, 2.45) is 0 Å². The molecule has 0 aliphatic rings. The van der Waals surface area contributed by atoms with Crippen LogP contribution in [0.4, 0.5) is 0 Å². The quantitative estimate of drug-likeness (QED) is 0.670. The number of carbonyl (C=O) groups excluding carboxylic acids is 1. The molecule has 0 saturated heterocycles. The topological polar surface area (TPSA) is 120 Å². The largest absolute Gasteiger partial charge is 0.441 e. The number of rotatable bonds is 8. The molecule has 0 saturated carbocycles. The molecule has 136 valence electrons. The second-order valence-corrected chi connectivity index (χ2v) is 7.39. The molecule has 9 nitrogen and oxygen atoms in total. The summed E-state index contributed by atoms with van der Waals surface area (Å²) in [7, 11) is -3.56. The Labute approximate surface area is 145 Å². The van der Waals surface area contributed by atoms with Gasteiger partial charge in [-0.15, -0.1) is 5.10 Å². The number of aromatic nitrogens is 3. The number of nitrogens with one attached hydrogen (secondary N) is 1. The Kier molecular flexibility index (Phi) is 6.21. The molecule has 2 rings (SSSR count). The van der Waals surface area contributed by atoms with Gasteiger partial charge in [0.1, 0.15) is 11.6 Å². The molecule has 1 heterocycles. The van der Waals surface area contributed by atoms with Crippen LogP contribution in [0.1, 0.15) is 26.7 Å².